The minimum absolute atomic E-state index is 0.00687. The summed E-state index contributed by atoms with van der Waals surface area (Å²) in [6, 6.07) is 3.41. The standard InChI is InChI=1S/C12H15ClO3/c1-7(2)16-12-8(3)4-10(13)5-9(12)6-11(14)15/h4-5,7H,6H2,1-3H3,(H,14,15). The Labute approximate surface area is 100.0 Å². The van der Waals surface area contributed by atoms with Crippen LogP contribution >= 0.6 is 11.6 Å². The van der Waals surface area contributed by atoms with Gasteiger partial charge in [-0.2, -0.15) is 0 Å². The molecule has 0 spiro atoms. The smallest absolute Gasteiger partial charge is 0.307 e. The van der Waals surface area contributed by atoms with E-state index in [0.29, 0.717) is 16.3 Å². The van der Waals surface area contributed by atoms with Crippen LogP contribution in [0.1, 0.15) is 25.0 Å². The summed E-state index contributed by atoms with van der Waals surface area (Å²) in [5, 5.41) is 9.34. The normalized spacial score (nSPS) is 10.6. The number of aryl methyl sites for hydroxylation is 1. The van der Waals surface area contributed by atoms with Gasteiger partial charge in [0.2, 0.25) is 0 Å². The maximum absolute atomic E-state index is 10.7. The van der Waals surface area contributed by atoms with E-state index in [9.17, 15) is 4.79 Å². The predicted octanol–water partition coefficient (Wildman–Crippen LogP) is 3.06. The average molecular weight is 243 g/mol. The van der Waals surface area contributed by atoms with Crippen molar-refractivity contribution in [3.63, 3.8) is 0 Å². The van der Waals surface area contributed by atoms with Gasteiger partial charge in [0, 0.05) is 10.6 Å². The van der Waals surface area contributed by atoms with Crippen molar-refractivity contribution in [3.8, 4) is 5.75 Å². The number of ether oxygens (including phenoxy) is 1. The Balaban J connectivity index is 3.15. The maximum atomic E-state index is 10.7. The van der Waals surface area contributed by atoms with Crippen molar-refractivity contribution in [2.45, 2.75) is 33.3 Å². The molecule has 0 aliphatic rings. The summed E-state index contributed by atoms with van der Waals surface area (Å²) < 4.78 is 5.61. The van der Waals surface area contributed by atoms with E-state index in [1.165, 1.54) is 0 Å². The molecule has 0 saturated carbocycles. The SMILES string of the molecule is Cc1cc(Cl)cc(CC(=O)O)c1OC(C)C. The highest BCUT2D eigenvalue weighted by Gasteiger charge is 2.13. The van der Waals surface area contributed by atoms with E-state index in [2.05, 4.69) is 0 Å². The number of halogens is 1. The van der Waals surface area contributed by atoms with Gasteiger partial charge in [-0.15, -0.1) is 0 Å². The van der Waals surface area contributed by atoms with Crippen LogP contribution in [0, 0.1) is 6.92 Å². The number of benzene rings is 1. The van der Waals surface area contributed by atoms with Crippen molar-refractivity contribution in [1.29, 1.82) is 0 Å². The van der Waals surface area contributed by atoms with Crippen LogP contribution in [0.3, 0.4) is 0 Å². The highest BCUT2D eigenvalue weighted by molar-refractivity contribution is 6.30. The number of carbonyl (C=O) groups is 1. The molecule has 0 saturated heterocycles. The van der Waals surface area contributed by atoms with E-state index in [1.54, 1.807) is 12.1 Å². The third-order valence-electron chi connectivity index (χ3n) is 2.01. The minimum Gasteiger partial charge on any atom is -0.490 e. The van der Waals surface area contributed by atoms with Crippen molar-refractivity contribution in [1.82, 2.24) is 0 Å². The second-order valence-electron chi connectivity index (χ2n) is 3.95. The van der Waals surface area contributed by atoms with Crippen molar-refractivity contribution in [2.24, 2.45) is 0 Å². The largest absolute Gasteiger partial charge is 0.490 e. The molecule has 1 rings (SSSR count). The van der Waals surface area contributed by atoms with E-state index in [1.807, 2.05) is 20.8 Å². The summed E-state index contributed by atoms with van der Waals surface area (Å²) in [5.41, 5.74) is 1.48. The molecule has 4 heteroatoms. The van der Waals surface area contributed by atoms with Gasteiger partial charge >= 0.3 is 5.97 Å². The summed E-state index contributed by atoms with van der Waals surface area (Å²) in [5.74, 6) is -0.267. The molecule has 0 heterocycles. The minimum atomic E-state index is -0.893. The molecule has 0 radical (unpaired) electrons. The molecule has 0 amide bonds. The lowest BCUT2D eigenvalue weighted by molar-refractivity contribution is -0.136. The fourth-order valence-corrected chi connectivity index (χ4v) is 1.79. The first-order chi connectivity index (χ1) is 7.40. The van der Waals surface area contributed by atoms with Crippen molar-refractivity contribution < 1.29 is 14.6 Å². The van der Waals surface area contributed by atoms with Gasteiger partial charge in [0.25, 0.3) is 0 Å². The molecule has 0 atom stereocenters. The van der Waals surface area contributed by atoms with E-state index >= 15 is 0 Å². The van der Waals surface area contributed by atoms with Gasteiger partial charge in [-0.25, -0.2) is 0 Å². The lowest BCUT2D eigenvalue weighted by Crippen LogP contribution is -2.11. The van der Waals surface area contributed by atoms with Crippen LogP contribution in [0.15, 0.2) is 12.1 Å². The highest BCUT2D eigenvalue weighted by Crippen LogP contribution is 2.29. The Morgan fingerprint density at radius 3 is 2.62 bits per heavy atom. The number of aliphatic carboxylic acids is 1. The van der Waals surface area contributed by atoms with Gasteiger partial charge in [0.1, 0.15) is 5.75 Å². The van der Waals surface area contributed by atoms with E-state index in [4.69, 9.17) is 21.4 Å². The number of hydrogen-bond acceptors (Lipinski definition) is 2. The molecule has 3 nitrogen and oxygen atoms in total. The van der Waals surface area contributed by atoms with Crippen LogP contribution in [0.2, 0.25) is 5.02 Å². The summed E-state index contributed by atoms with van der Waals surface area (Å²) >= 11 is 5.89. The van der Waals surface area contributed by atoms with Crippen molar-refractivity contribution in [2.75, 3.05) is 0 Å². The molecule has 0 fully saturated rings. The molecule has 1 aromatic rings. The van der Waals surface area contributed by atoms with Crippen molar-refractivity contribution >= 4 is 17.6 Å². The predicted molar refractivity (Wildman–Crippen MR) is 63.3 cm³/mol. The molecule has 16 heavy (non-hydrogen) atoms. The van der Waals surface area contributed by atoms with Crippen LogP contribution in [0.4, 0.5) is 0 Å². The summed E-state index contributed by atoms with van der Waals surface area (Å²) in [7, 11) is 0. The lowest BCUT2D eigenvalue weighted by Gasteiger charge is -2.16. The second kappa shape index (κ2) is 5.21. The number of hydrogen-bond donors (Lipinski definition) is 1. The first kappa shape index (κ1) is 12.8. The molecule has 0 unspecified atom stereocenters. The summed E-state index contributed by atoms with van der Waals surface area (Å²) in [6.07, 6.45) is -0.0730. The monoisotopic (exact) mass is 242 g/mol. The van der Waals surface area contributed by atoms with Gasteiger partial charge in [-0.1, -0.05) is 11.6 Å². The maximum Gasteiger partial charge on any atom is 0.307 e. The van der Waals surface area contributed by atoms with Gasteiger partial charge in [0.05, 0.1) is 12.5 Å². The van der Waals surface area contributed by atoms with Crippen molar-refractivity contribution in [3.05, 3.63) is 28.3 Å². The third kappa shape index (κ3) is 3.42. The lowest BCUT2D eigenvalue weighted by atomic mass is 10.1. The van der Waals surface area contributed by atoms with Crippen LogP contribution in [0.25, 0.3) is 0 Å². The third-order valence-corrected chi connectivity index (χ3v) is 2.23. The number of carboxylic acids is 1. The van der Waals surface area contributed by atoms with Gasteiger partial charge in [-0.3, -0.25) is 4.79 Å². The first-order valence-corrected chi connectivity index (χ1v) is 5.45. The fraction of sp³-hybridized carbons (Fsp3) is 0.417. The zero-order valence-electron chi connectivity index (χ0n) is 9.58. The van der Waals surface area contributed by atoms with E-state index in [-0.39, 0.29) is 12.5 Å². The molecular formula is C12H15ClO3. The van der Waals surface area contributed by atoms with Gasteiger partial charge < -0.3 is 9.84 Å². The summed E-state index contributed by atoms with van der Waals surface area (Å²) in [4.78, 5) is 10.7. The van der Waals surface area contributed by atoms with E-state index < -0.39 is 5.97 Å². The first-order valence-electron chi connectivity index (χ1n) is 5.07. The molecule has 1 N–H and O–H groups in total. The van der Waals surface area contributed by atoms with Crippen LogP contribution in [0.5, 0.6) is 5.75 Å². The Kier molecular flexibility index (Phi) is 4.19. The van der Waals surface area contributed by atoms with E-state index in [0.717, 1.165) is 5.56 Å². The number of carboxylic acid groups (broad SMARTS) is 1. The van der Waals surface area contributed by atoms with Gasteiger partial charge in [0.15, 0.2) is 0 Å². The highest BCUT2D eigenvalue weighted by atomic mass is 35.5. The number of rotatable bonds is 4. The molecule has 0 aromatic heterocycles. The fourth-order valence-electron chi connectivity index (χ4n) is 1.50. The zero-order valence-corrected chi connectivity index (χ0v) is 10.3. The Bertz CT molecular complexity index is 399. The molecule has 0 bridgehead atoms. The molecule has 88 valence electrons. The molecule has 1 aromatic carbocycles. The van der Waals surface area contributed by atoms with Crippen LogP contribution < -0.4 is 4.74 Å². The van der Waals surface area contributed by atoms with Crippen LogP contribution in [-0.4, -0.2) is 17.2 Å². The average Bonchev–Trinajstić information content (AvgIpc) is 2.09. The molecular weight excluding hydrogens is 228 g/mol. The summed E-state index contributed by atoms with van der Waals surface area (Å²) in [6.45, 7) is 5.66. The van der Waals surface area contributed by atoms with Crippen LogP contribution in [-0.2, 0) is 11.2 Å². The Hall–Kier alpha value is -1.22. The molecule has 0 aliphatic heterocycles. The Morgan fingerprint density at radius 2 is 2.12 bits per heavy atom. The second-order valence-corrected chi connectivity index (χ2v) is 4.38. The Morgan fingerprint density at radius 1 is 1.50 bits per heavy atom. The van der Waals surface area contributed by atoms with Gasteiger partial charge in [-0.05, 0) is 38.5 Å². The molecule has 0 aliphatic carbocycles. The zero-order chi connectivity index (χ0) is 12.3. The quantitative estimate of drug-likeness (QED) is 0.883. The topological polar surface area (TPSA) is 46.5 Å².